The molecule has 3 heterocycles. The lowest BCUT2D eigenvalue weighted by atomic mass is 9.79. The van der Waals surface area contributed by atoms with Crippen LogP contribution in [0.5, 0.6) is 17.2 Å². The number of aliphatic hydroxyl groups is 1. The predicted molar refractivity (Wildman–Crippen MR) is 95.5 cm³/mol. The van der Waals surface area contributed by atoms with E-state index in [0.717, 1.165) is 7.11 Å². The van der Waals surface area contributed by atoms with Gasteiger partial charge in [-0.2, -0.15) is 8.78 Å². The van der Waals surface area contributed by atoms with Crippen LogP contribution >= 0.6 is 11.8 Å². The van der Waals surface area contributed by atoms with Crippen LogP contribution in [0.3, 0.4) is 0 Å². The van der Waals surface area contributed by atoms with Crippen molar-refractivity contribution in [1.29, 1.82) is 0 Å². The van der Waals surface area contributed by atoms with Gasteiger partial charge in [0.15, 0.2) is 11.3 Å². The molecule has 2 bridgehead atoms. The molecule has 12 heteroatoms. The van der Waals surface area contributed by atoms with Gasteiger partial charge < -0.3 is 28.5 Å². The third-order valence-corrected chi connectivity index (χ3v) is 7.02. The molecule has 3 atom stereocenters. The van der Waals surface area contributed by atoms with Crippen molar-refractivity contribution in [2.45, 2.75) is 34.6 Å². The molecule has 164 valence electrons. The minimum absolute atomic E-state index is 0.0255. The van der Waals surface area contributed by atoms with Crippen molar-refractivity contribution in [3.63, 3.8) is 0 Å². The fourth-order valence-corrected chi connectivity index (χ4v) is 5.66. The Hall–Kier alpha value is -2.34. The number of rotatable bonds is 5. The number of furan rings is 1. The molecule has 30 heavy (non-hydrogen) atoms. The Kier molecular flexibility index (Phi) is 4.59. The highest BCUT2D eigenvalue weighted by molar-refractivity contribution is 8.02. The molecule has 2 aliphatic rings. The quantitative estimate of drug-likeness (QED) is 0.546. The Bertz CT molecular complexity index is 1030. The molecule has 2 aromatic rings. The van der Waals surface area contributed by atoms with Gasteiger partial charge in [0.2, 0.25) is 10.7 Å². The summed E-state index contributed by atoms with van der Waals surface area (Å²) in [6.07, 6.45) is -3.88. The largest absolute Gasteiger partial charge is 0.495 e. The molecule has 0 unspecified atom stereocenters. The van der Waals surface area contributed by atoms with Gasteiger partial charge in [-0.05, 0) is 6.07 Å². The lowest BCUT2D eigenvalue weighted by Gasteiger charge is -2.42. The van der Waals surface area contributed by atoms with E-state index in [1.165, 1.54) is 26.5 Å². The Morgan fingerprint density at radius 3 is 2.53 bits per heavy atom. The van der Waals surface area contributed by atoms with E-state index < -0.39 is 46.3 Å². The van der Waals surface area contributed by atoms with Crippen LogP contribution in [0.4, 0.5) is 17.6 Å². The van der Waals surface area contributed by atoms with E-state index in [9.17, 15) is 27.5 Å². The zero-order chi connectivity index (χ0) is 22.1. The first-order valence-corrected chi connectivity index (χ1v) is 9.44. The van der Waals surface area contributed by atoms with Crippen molar-refractivity contribution in [2.24, 2.45) is 0 Å². The zero-order valence-corrected chi connectivity index (χ0v) is 16.6. The molecule has 1 aromatic heterocycles. The third kappa shape index (κ3) is 2.40. The van der Waals surface area contributed by atoms with Gasteiger partial charge in [0.05, 0.1) is 38.5 Å². The number of esters is 1. The van der Waals surface area contributed by atoms with Crippen LogP contribution in [0.1, 0.15) is 12.0 Å². The van der Waals surface area contributed by atoms with Crippen molar-refractivity contribution in [3.8, 4) is 17.2 Å². The van der Waals surface area contributed by atoms with E-state index in [1.807, 2.05) is 0 Å². The Morgan fingerprint density at radius 2 is 1.97 bits per heavy atom. The molecule has 7 nitrogen and oxygen atoms in total. The molecule has 1 saturated heterocycles. The number of alkyl halides is 4. The minimum atomic E-state index is -4.73. The van der Waals surface area contributed by atoms with E-state index in [0.29, 0.717) is 5.39 Å². The first kappa shape index (κ1) is 20.9. The highest BCUT2D eigenvalue weighted by atomic mass is 32.2. The summed E-state index contributed by atoms with van der Waals surface area (Å²) in [6.45, 7) is 0. The first-order valence-electron chi connectivity index (χ1n) is 8.56. The summed E-state index contributed by atoms with van der Waals surface area (Å²) in [7, 11) is 3.44. The van der Waals surface area contributed by atoms with Crippen molar-refractivity contribution in [1.82, 2.24) is 0 Å². The number of hydrogen-bond donors (Lipinski definition) is 1. The van der Waals surface area contributed by atoms with Crippen LogP contribution in [0.2, 0.25) is 0 Å². The van der Waals surface area contributed by atoms with Crippen molar-refractivity contribution >= 4 is 28.7 Å². The number of methoxy groups -OCH3 is 3. The lowest BCUT2D eigenvalue weighted by Crippen LogP contribution is -2.56. The standard InChI is InChI=1S/C18H16F4O7S/c1-25-9-7-4-5-28-10(7)12(26-2)11-8(9)16(24)6-17(29-11,18(21,22)15(19)20)30-13(16)14(23)27-3/h4-5,13,15,24H,6H2,1-3H3/t13-,16-,17+/m1/s1. The topological polar surface area (TPSA) is 87.4 Å². The van der Waals surface area contributed by atoms with Gasteiger partial charge in [0.1, 0.15) is 16.6 Å². The summed E-state index contributed by atoms with van der Waals surface area (Å²) in [5.74, 6) is -6.52. The van der Waals surface area contributed by atoms with Crippen molar-refractivity contribution < 1.29 is 50.8 Å². The van der Waals surface area contributed by atoms with E-state index in [4.69, 9.17) is 18.6 Å². The number of hydrogen-bond acceptors (Lipinski definition) is 8. The number of ether oxygens (including phenoxy) is 4. The zero-order valence-electron chi connectivity index (χ0n) is 15.8. The molecule has 1 fully saturated rings. The summed E-state index contributed by atoms with van der Waals surface area (Å²) in [4.78, 5) is 9.42. The third-order valence-electron chi connectivity index (χ3n) is 5.33. The smallest absolute Gasteiger partial charge is 0.355 e. The second-order valence-electron chi connectivity index (χ2n) is 6.83. The maximum absolute atomic E-state index is 14.7. The number of carbonyl (C=O) groups excluding carboxylic acids is 1. The molecular weight excluding hydrogens is 436 g/mol. The summed E-state index contributed by atoms with van der Waals surface area (Å²) >= 11 is 0.0811. The van der Waals surface area contributed by atoms with Gasteiger partial charge in [-0.1, -0.05) is 11.8 Å². The molecule has 0 saturated carbocycles. The minimum Gasteiger partial charge on any atom is -0.495 e. The Morgan fingerprint density at radius 1 is 1.30 bits per heavy atom. The maximum Gasteiger partial charge on any atom is 0.355 e. The number of carbonyl (C=O) groups is 1. The normalized spacial score (nSPS) is 27.7. The van der Waals surface area contributed by atoms with Crippen molar-refractivity contribution in [2.75, 3.05) is 21.3 Å². The van der Waals surface area contributed by atoms with E-state index >= 15 is 0 Å². The average molecular weight is 452 g/mol. The van der Waals surface area contributed by atoms with Crippen LogP contribution in [0.25, 0.3) is 11.0 Å². The molecule has 0 aliphatic carbocycles. The molecule has 0 radical (unpaired) electrons. The van der Waals surface area contributed by atoms with E-state index in [-0.39, 0.29) is 34.4 Å². The number of benzene rings is 1. The Balaban J connectivity index is 2.10. The van der Waals surface area contributed by atoms with Gasteiger partial charge in [-0.25, -0.2) is 8.78 Å². The second-order valence-corrected chi connectivity index (χ2v) is 8.20. The fourth-order valence-electron chi connectivity index (χ4n) is 4.01. The average Bonchev–Trinajstić information content (AvgIpc) is 3.27. The summed E-state index contributed by atoms with van der Waals surface area (Å²) in [5.41, 5.74) is -2.53. The number of fused-ring (bicyclic) bond motifs is 5. The Labute approximate surface area is 171 Å². The molecule has 1 N–H and O–H groups in total. The van der Waals surface area contributed by atoms with Gasteiger partial charge in [0, 0.05) is 6.42 Å². The summed E-state index contributed by atoms with van der Waals surface area (Å²) in [6, 6.07) is 1.48. The molecule has 0 spiro atoms. The van der Waals surface area contributed by atoms with Crippen LogP contribution in [-0.4, -0.2) is 54.9 Å². The molecule has 4 rings (SSSR count). The molecule has 2 aliphatic heterocycles. The second kappa shape index (κ2) is 6.58. The van der Waals surface area contributed by atoms with Gasteiger partial charge in [-0.15, -0.1) is 0 Å². The lowest BCUT2D eigenvalue weighted by molar-refractivity contribution is -0.213. The van der Waals surface area contributed by atoms with Crippen LogP contribution in [-0.2, 0) is 15.1 Å². The highest BCUT2D eigenvalue weighted by Gasteiger charge is 2.76. The maximum atomic E-state index is 14.7. The van der Waals surface area contributed by atoms with Gasteiger partial charge >= 0.3 is 18.3 Å². The highest BCUT2D eigenvalue weighted by Crippen LogP contribution is 2.69. The predicted octanol–water partition coefficient (Wildman–Crippen LogP) is 3.31. The van der Waals surface area contributed by atoms with Crippen molar-refractivity contribution in [3.05, 3.63) is 17.9 Å². The van der Waals surface area contributed by atoms with Crippen LogP contribution < -0.4 is 14.2 Å². The van der Waals surface area contributed by atoms with Crippen LogP contribution in [0, 0.1) is 0 Å². The summed E-state index contributed by atoms with van der Waals surface area (Å²) < 4.78 is 82.3. The molecule has 0 amide bonds. The molecular formula is C18H16F4O7S. The monoisotopic (exact) mass is 452 g/mol. The summed E-state index contributed by atoms with van der Waals surface area (Å²) in [5, 5.41) is 10.1. The molecule has 1 aromatic carbocycles. The van der Waals surface area contributed by atoms with Gasteiger partial charge in [-0.3, -0.25) is 4.79 Å². The van der Waals surface area contributed by atoms with Gasteiger partial charge in [0.25, 0.3) is 0 Å². The fraction of sp³-hybridized carbons (Fsp3) is 0.500. The number of thioether (sulfide) groups is 1. The SMILES string of the molecule is COC(=O)[C@H]1S[C@]2(C(F)(F)C(F)F)C[C@@]1(O)c1c(c(OC)c3occc3c1OC)O2. The van der Waals surface area contributed by atoms with Crippen LogP contribution in [0.15, 0.2) is 16.7 Å². The van der Waals surface area contributed by atoms with E-state index in [2.05, 4.69) is 4.74 Å². The van der Waals surface area contributed by atoms with E-state index in [1.54, 1.807) is 0 Å². The first-order chi connectivity index (χ1) is 14.1. The number of halogens is 4.